The molecule has 152 valence electrons. The third-order valence-electron chi connectivity index (χ3n) is 5.62. The number of rotatable bonds is 4. The standard InChI is InChI=1S/C24H27ClN2O2/c1-15-9-16(2)11-18(10-15)22-23(29-14-17-5-4-8-27(3)13-17)20-7-6-19(25)12-21(20)26-24(22)28/h6-7,9-12,17H,4-5,8,13-14H2,1-3H3,(H,26,28). The van der Waals surface area contributed by atoms with Crippen molar-refractivity contribution in [2.24, 2.45) is 5.92 Å². The molecule has 0 bridgehead atoms. The van der Waals surface area contributed by atoms with E-state index in [1.807, 2.05) is 38.1 Å². The van der Waals surface area contributed by atoms with Crippen LogP contribution in [0.5, 0.6) is 5.75 Å². The summed E-state index contributed by atoms with van der Waals surface area (Å²) in [5.41, 5.74) is 4.27. The van der Waals surface area contributed by atoms with Crippen molar-refractivity contribution in [2.45, 2.75) is 26.7 Å². The predicted molar refractivity (Wildman–Crippen MR) is 120 cm³/mol. The van der Waals surface area contributed by atoms with Crippen LogP contribution in [0.4, 0.5) is 0 Å². The Kier molecular flexibility index (Phi) is 5.66. The first-order valence-electron chi connectivity index (χ1n) is 10.2. The van der Waals surface area contributed by atoms with Gasteiger partial charge in [0.15, 0.2) is 0 Å². The number of fused-ring (bicyclic) bond motifs is 1. The third-order valence-corrected chi connectivity index (χ3v) is 5.86. The molecule has 0 spiro atoms. The molecule has 2 heterocycles. The number of nitrogens with zero attached hydrogens (tertiary/aromatic N) is 1. The van der Waals surface area contributed by atoms with E-state index in [-0.39, 0.29) is 5.56 Å². The maximum Gasteiger partial charge on any atom is 0.260 e. The van der Waals surface area contributed by atoms with Crippen LogP contribution in [0.15, 0.2) is 41.2 Å². The molecule has 1 unspecified atom stereocenters. The highest BCUT2D eigenvalue weighted by atomic mass is 35.5. The van der Waals surface area contributed by atoms with E-state index in [0.717, 1.165) is 41.6 Å². The van der Waals surface area contributed by atoms with Crippen LogP contribution in [-0.2, 0) is 0 Å². The number of hydrogen-bond donors (Lipinski definition) is 1. The lowest BCUT2D eigenvalue weighted by molar-refractivity contribution is 0.151. The zero-order valence-corrected chi connectivity index (χ0v) is 18.0. The number of aryl methyl sites for hydroxylation is 2. The maximum atomic E-state index is 13.1. The van der Waals surface area contributed by atoms with Crippen molar-refractivity contribution >= 4 is 22.5 Å². The number of ether oxygens (including phenoxy) is 1. The molecule has 0 saturated carbocycles. The molecule has 1 saturated heterocycles. The summed E-state index contributed by atoms with van der Waals surface area (Å²) >= 11 is 6.17. The summed E-state index contributed by atoms with van der Waals surface area (Å²) in [4.78, 5) is 18.4. The van der Waals surface area contributed by atoms with Gasteiger partial charge >= 0.3 is 0 Å². The number of hydrogen-bond acceptors (Lipinski definition) is 3. The predicted octanol–water partition coefficient (Wildman–Crippen LogP) is 5.19. The summed E-state index contributed by atoms with van der Waals surface area (Å²) in [6, 6.07) is 11.7. The van der Waals surface area contributed by atoms with Crippen LogP contribution in [0.3, 0.4) is 0 Å². The fourth-order valence-electron chi connectivity index (χ4n) is 4.38. The van der Waals surface area contributed by atoms with Crippen LogP contribution >= 0.6 is 11.6 Å². The Morgan fingerprint density at radius 1 is 1.17 bits per heavy atom. The van der Waals surface area contributed by atoms with Crippen molar-refractivity contribution < 1.29 is 4.74 Å². The van der Waals surface area contributed by atoms with Crippen molar-refractivity contribution in [2.75, 3.05) is 26.7 Å². The second-order valence-corrected chi connectivity index (χ2v) is 8.74. The van der Waals surface area contributed by atoms with Gasteiger partial charge < -0.3 is 14.6 Å². The van der Waals surface area contributed by atoms with Crippen LogP contribution in [0.1, 0.15) is 24.0 Å². The Morgan fingerprint density at radius 3 is 2.66 bits per heavy atom. The number of piperidine rings is 1. The lowest BCUT2D eigenvalue weighted by Gasteiger charge is -2.29. The van der Waals surface area contributed by atoms with Crippen LogP contribution in [-0.4, -0.2) is 36.6 Å². The van der Waals surface area contributed by atoms with Gasteiger partial charge in [0, 0.05) is 22.9 Å². The number of pyridine rings is 1. The van der Waals surface area contributed by atoms with Gasteiger partial charge in [-0.25, -0.2) is 0 Å². The zero-order valence-electron chi connectivity index (χ0n) is 17.2. The monoisotopic (exact) mass is 410 g/mol. The molecule has 4 nitrogen and oxygen atoms in total. The first-order valence-corrected chi connectivity index (χ1v) is 10.5. The quantitative estimate of drug-likeness (QED) is 0.644. The number of halogens is 1. The minimum Gasteiger partial charge on any atom is -0.492 e. The number of H-pyrrole nitrogens is 1. The average molecular weight is 411 g/mol. The Morgan fingerprint density at radius 2 is 1.93 bits per heavy atom. The summed E-state index contributed by atoms with van der Waals surface area (Å²) in [7, 11) is 2.15. The third kappa shape index (κ3) is 4.34. The molecule has 1 fully saturated rings. The van der Waals surface area contributed by atoms with Crippen LogP contribution in [0.25, 0.3) is 22.0 Å². The topological polar surface area (TPSA) is 45.3 Å². The summed E-state index contributed by atoms with van der Waals surface area (Å²) in [5.74, 6) is 1.11. The van der Waals surface area contributed by atoms with Gasteiger partial charge in [0.1, 0.15) is 5.75 Å². The highest BCUT2D eigenvalue weighted by molar-refractivity contribution is 6.31. The Balaban J connectivity index is 1.83. The van der Waals surface area contributed by atoms with Gasteiger partial charge in [-0.3, -0.25) is 4.79 Å². The molecule has 0 radical (unpaired) electrons. The lowest BCUT2D eigenvalue weighted by atomic mass is 9.98. The van der Waals surface area contributed by atoms with Gasteiger partial charge in [-0.15, -0.1) is 0 Å². The zero-order chi connectivity index (χ0) is 20.5. The van der Waals surface area contributed by atoms with Gasteiger partial charge in [0.05, 0.1) is 17.7 Å². The van der Waals surface area contributed by atoms with Crippen molar-refractivity contribution in [3.05, 3.63) is 62.9 Å². The molecule has 0 amide bonds. The number of aromatic amines is 1. The normalized spacial score (nSPS) is 17.6. The van der Waals surface area contributed by atoms with Crippen LogP contribution < -0.4 is 10.3 Å². The van der Waals surface area contributed by atoms with Crippen molar-refractivity contribution in [1.29, 1.82) is 0 Å². The highest BCUT2D eigenvalue weighted by Crippen LogP contribution is 2.35. The molecular formula is C24H27ClN2O2. The van der Waals surface area contributed by atoms with Gasteiger partial charge in [-0.05, 0) is 64.0 Å². The summed E-state index contributed by atoms with van der Waals surface area (Å²) in [6.45, 7) is 6.85. The average Bonchev–Trinajstić information content (AvgIpc) is 2.64. The second kappa shape index (κ2) is 8.21. The Hall–Kier alpha value is -2.30. The molecule has 3 aromatic rings. The van der Waals surface area contributed by atoms with Crippen molar-refractivity contribution in [3.63, 3.8) is 0 Å². The van der Waals surface area contributed by atoms with Crippen LogP contribution in [0, 0.1) is 19.8 Å². The number of likely N-dealkylation sites (tertiary alicyclic amines) is 1. The van der Waals surface area contributed by atoms with E-state index in [9.17, 15) is 4.79 Å². The van der Waals surface area contributed by atoms with Gasteiger partial charge in [0.25, 0.3) is 5.56 Å². The molecule has 4 rings (SSSR count). The minimum atomic E-state index is -0.152. The molecule has 2 aromatic carbocycles. The van der Waals surface area contributed by atoms with Gasteiger partial charge in [-0.2, -0.15) is 0 Å². The first kappa shape index (κ1) is 20.0. The summed E-state index contributed by atoms with van der Waals surface area (Å²) in [5, 5.41) is 1.47. The molecule has 29 heavy (non-hydrogen) atoms. The largest absolute Gasteiger partial charge is 0.492 e. The van der Waals surface area contributed by atoms with E-state index in [2.05, 4.69) is 23.0 Å². The minimum absolute atomic E-state index is 0.152. The van der Waals surface area contributed by atoms with E-state index in [1.54, 1.807) is 6.07 Å². The molecule has 1 atom stereocenters. The molecular weight excluding hydrogens is 384 g/mol. The first-order chi connectivity index (χ1) is 13.9. The van der Waals surface area contributed by atoms with Crippen LogP contribution in [0.2, 0.25) is 5.02 Å². The van der Waals surface area contributed by atoms with E-state index in [4.69, 9.17) is 16.3 Å². The van der Waals surface area contributed by atoms with Gasteiger partial charge in [-0.1, -0.05) is 40.9 Å². The SMILES string of the molecule is Cc1cc(C)cc(-c2c(OCC3CCCN(C)C3)c3ccc(Cl)cc3[nH]c2=O)c1. The maximum absolute atomic E-state index is 13.1. The second-order valence-electron chi connectivity index (χ2n) is 8.31. The van der Waals surface area contributed by atoms with Gasteiger partial charge in [0.2, 0.25) is 0 Å². The van der Waals surface area contributed by atoms with E-state index < -0.39 is 0 Å². The molecule has 1 N–H and O–H groups in total. The van der Waals surface area contributed by atoms with Crippen molar-refractivity contribution in [3.8, 4) is 16.9 Å². The van der Waals surface area contributed by atoms with E-state index >= 15 is 0 Å². The fraction of sp³-hybridized carbons (Fsp3) is 0.375. The highest BCUT2D eigenvalue weighted by Gasteiger charge is 2.21. The molecule has 1 aromatic heterocycles. The number of benzene rings is 2. The Labute approximate surface area is 176 Å². The summed E-state index contributed by atoms with van der Waals surface area (Å²) in [6.07, 6.45) is 2.33. The smallest absolute Gasteiger partial charge is 0.260 e. The lowest BCUT2D eigenvalue weighted by Crippen LogP contribution is -2.35. The summed E-state index contributed by atoms with van der Waals surface area (Å²) < 4.78 is 6.40. The Bertz CT molecular complexity index is 1090. The molecule has 1 aliphatic heterocycles. The van der Waals surface area contributed by atoms with E-state index in [1.165, 1.54) is 6.42 Å². The molecule has 0 aliphatic carbocycles. The fourth-order valence-corrected chi connectivity index (χ4v) is 4.55. The molecule has 5 heteroatoms. The number of nitrogens with one attached hydrogen (secondary N) is 1. The van der Waals surface area contributed by atoms with Crippen molar-refractivity contribution in [1.82, 2.24) is 9.88 Å². The van der Waals surface area contributed by atoms with E-state index in [0.29, 0.717) is 34.4 Å². The number of aromatic nitrogens is 1. The molecule has 1 aliphatic rings.